The zero-order valence-electron chi connectivity index (χ0n) is 11.1. The average molecular weight is 263 g/mol. The van der Waals surface area contributed by atoms with Crippen molar-refractivity contribution in [3.8, 4) is 6.07 Å². The second kappa shape index (κ2) is 7.16. The minimum absolute atomic E-state index is 0.00703. The quantitative estimate of drug-likeness (QED) is 0.598. The first-order valence-corrected chi connectivity index (χ1v) is 6.07. The minimum Gasteiger partial charge on any atom is -0.370 e. The van der Waals surface area contributed by atoms with E-state index in [0.29, 0.717) is 31.1 Å². The van der Waals surface area contributed by atoms with Crippen molar-refractivity contribution in [3.05, 3.63) is 22.2 Å². The van der Waals surface area contributed by atoms with Crippen LogP contribution in [-0.2, 0) is 0 Å². The van der Waals surface area contributed by atoms with E-state index >= 15 is 0 Å². The molecule has 102 valence electrons. The van der Waals surface area contributed by atoms with Gasteiger partial charge in [0.05, 0.1) is 29.5 Å². The van der Waals surface area contributed by atoms with Crippen LogP contribution in [0.25, 0.3) is 0 Å². The van der Waals surface area contributed by atoms with Gasteiger partial charge in [-0.2, -0.15) is 5.26 Å². The van der Waals surface area contributed by atoms with Gasteiger partial charge in [0.1, 0.15) is 11.6 Å². The van der Waals surface area contributed by atoms with Crippen molar-refractivity contribution >= 4 is 17.3 Å². The molecule has 0 saturated heterocycles. The maximum Gasteiger partial charge on any atom is 0.276 e. The number of nitrogens with zero attached hydrogens (tertiary/aromatic N) is 4. The Bertz CT molecular complexity index is 483. The maximum atomic E-state index is 10.9. The van der Waals surface area contributed by atoms with Crippen LogP contribution in [0, 0.1) is 21.4 Å². The van der Waals surface area contributed by atoms with E-state index in [0.717, 1.165) is 6.42 Å². The van der Waals surface area contributed by atoms with Crippen molar-refractivity contribution in [2.24, 2.45) is 0 Å². The summed E-state index contributed by atoms with van der Waals surface area (Å²) in [6.45, 7) is 3.19. The molecule has 1 rings (SSSR count). The highest BCUT2D eigenvalue weighted by Gasteiger charge is 2.13. The van der Waals surface area contributed by atoms with Crippen LogP contribution in [0.5, 0.6) is 0 Å². The summed E-state index contributed by atoms with van der Waals surface area (Å²) in [7, 11) is 1.76. The van der Waals surface area contributed by atoms with Gasteiger partial charge in [0.2, 0.25) is 0 Å². The Morgan fingerprint density at radius 1 is 1.58 bits per heavy atom. The Hall–Kier alpha value is -2.36. The second-order valence-electron chi connectivity index (χ2n) is 4.08. The number of rotatable bonds is 7. The van der Waals surface area contributed by atoms with E-state index in [2.05, 4.69) is 10.3 Å². The molecule has 0 aliphatic carbocycles. The number of hydrogen-bond acceptors (Lipinski definition) is 6. The van der Waals surface area contributed by atoms with E-state index in [1.54, 1.807) is 11.9 Å². The first kappa shape index (κ1) is 14.7. The van der Waals surface area contributed by atoms with Crippen molar-refractivity contribution in [1.82, 2.24) is 4.98 Å². The molecule has 0 atom stereocenters. The van der Waals surface area contributed by atoms with Gasteiger partial charge in [-0.1, -0.05) is 6.92 Å². The van der Waals surface area contributed by atoms with Gasteiger partial charge in [0.25, 0.3) is 5.69 Å². The summed E-state index contributed by atoms with van der Waals surface area (Å²) in [5.74, 6) is 0.970. The van der Waals surface area contributed by atoms with Crippen LogP contribution in [0.4, 0.5) is 17.3 Å². The molecular weight excluding hydrogens is 246 g/mol. The molecule has 0 aliphatic rings. The van der Waals surface area contributed by atoms with Crippen LogP contribution in [0.1, 0.15) is 19.8 Å². The summed E-state index contributed by atoms with van der Waals surface area (Å²) in [4.78, 5) is 16.5. The average Bonchev–Trinajstić information content (AvgIpc) is 2.42. The van der Waals surface area contributed by atoms with E-state index in [4.69, 9.17) is 5.26 Å². The molecule has 0 radical (unpaired) electrons. The summed E-state index contributed by atoms with van der Waals surface area (Å²) in [5, 5.41) is 22.5. The van der Waals surface area contributed by atoms with Gasteiger partial charge in [-0.25, -0.2) is 4.98 Å². The molecule has 0 amide bonds. The highest BCUT2D eigenvalue weighted by atomic mass is 16.6. The van der Waals surface area contributed by atoms with E-state index in [-0.39, 0.29) is 5.69 Å². The highest BCUT2D eigenvalue weighted by molar-refractivity contribution is 5.55. The molecule has 0 aromatic carbocycles. The lowest BCUT2D eigenvalue weighted by Gasteiger charge is -2.17. The summed E-state index contributed by atoms with van der Waals surface area (Å²) >= 11 is 0. The monoisotopic (exact) mass is 263 g/mol. The molecule has 19 heavy (non-hydrogen) atoms. The van der Waals surface area contributed by atoms with Crippen LogP contribution in [0.3, 0.4) is 0 Å². The van der Waals surface area contributed by atoms with E-state index in [1.165, 1.54) is 12.1 Å². The van der Waals surface area contributed by atoms with Crippen LogP contribution < -0.4 is 10.2 Å². The van der Waals surface area contributed by atoms with Crippen molar-refractivity contribution < 1.29 is 4.92 Å². The fourth-order valence-corrected chi connectivity index (χ4v) is 1.48. The number of nitriles is 1. The molecule has 0 spiro atoms. The maximum absolute atomic E-state index is 10.9. The standard InChI is InChI=1S/C12H17N5O2/c1-3-6-14-11-8-10(17(18)19)9-12(15-11)16(2)7-4-5-13/h8-9H,3-4,6-7H2,1-2H3,(H,14,15). The molecule has 0 fully saturated rings. The third kappa shape index (κ3) is 4.43. The number of nitrogens with one attached hydrogen (secondary N) is 1. The molecule has 1 heterocycles. The molecule has 0 unspecified atom stereocenters. The van der Waals surface area contributed by atoms with Gasteiger partial charge in [-0.3, -0.25) is 10.1 Å². The molecule has 7 heteroatoms. The fraction of sp³-hybridized carbons (Fsp3) is 0.500. The van der Waals surface area contributed by atoms with Crippen molar-refractivity contribution in [3.63, 3.8) is 0 Å². The van der Waals surface area contributed by atoms with Crippen LogP contribution in [0.2, 0.25) is 0 Å². The zero-order chi connectivity index (χ0) is 14.3. The lowest BCUT2D eigenvalue weighted by atomic mass is 10.3. The van der Waals surface area contributed by atoms with Crippen LogP contribution >= 0.6 is 0 Å². The van der Waals surface area contributed by atoms with Crippen molar-refractivity contribution in [2.45, 2.75) is 19.8 Å². The van der Waals surface area contributed by atoms with Crippen LogP contribution in [-0.4, -0.2) is 30.0 Å². The number of anilines is 2. The first-order valence-electron chi connectivity index (χ1n) is 6.07. The summed E-state index contributed by atoms with van der Waals surface area (Å²) in [5.41, 5.74) is -0.00703. The molecule has 1 N–H and O–H groups in total. The van der Waals surface area contributed by atoms with Gasteiger partial charge in [0.15, 0.2) is 0 Å². The molecular formula is C12H17N5O2. The van der Waals surface area contributed by atoms with E-state index in [1.807, 2.05) is 13.0 Å². The molecule has 0 aliphatic heterocycles. The third-order valence-electron chi connectivity index (χ3n) is 2.51. The Kier molecular flexibility index (Phi) is 5.54. The smallest absolute Gasteiger partial charge is 0.276 e. The van der Waals surface area contributed by atoms with Gasteiger partial charge >= 0.3 is 0 Å². The Morgan fingerprint density at radius 3 is 2.89 bits per heavy atom. The largest absolute Gasteiger partial charge is 0.370 e. The molecule has 1 aromatic heterocycles. The SMILES string of the molecule is CCCNc1cc([N+](=O)[O-])cc(N(C)CCC#N)n1. The Labute approximate surface area is 112 Å². The van der Waals surface area contributed by atoms with Gasteiger partial charge in [-0.05, 0) is 6.42 Å². The van der Waals surface area contributed by atoms with Gasteiger partial charge in [-0.15, -0.1) is 0 Å². The second-order valence-corrected chi connectivity index (χ2v) is 4.08. The molecule has 0 saturated carbocycles. The summed E-state index contributed by atoms with van der Waals surface area (Å²) in [6.07, 6.45) is 1.25. The van der Waals surface area contributed by atoms with Crippen molar-refractivity contribution in [1.29, 1.82) is 5.26 Å². The highest BCUT2D eigenvalue weighted by Crippen LogP contribution is 2.22. The number of nitro groups is 1. The van der Waals surface area contributed by atoms with Gasteiger partial charge in [0, 0.05) is 20.1 Å². The van der Waals surface area contributed by atoms with E-state index < -0.39 is 4.92 Å². The predicted molar refractivity (Wildman–Crippen MR) is 73.2 cm³/mol. The summed E-state index contributed by atoms with van der Waals surface area (Å²) < 4.78 is 0. The fourth-order valence-electron chi connectivity index (χ4n) is 1.48. The molecule has 1 aromatic rings. The van der Waals surface area contributed by atoms with Crippen molar-refractivity contribution in [2.75, 3.05) is 30.4 Å². The lowest BCUT2D eigenvalue weighted by molar-refractivity contribution is -0.384. The number of hydrogen-bond donors (Lipinski definition) is 1. The van der Waals surface area contributed by atoms with Crippen LogP contribution in [0.15, 0.2) is 12.1 Å². The number of aromatic nitrogens is 1. The Morgan fingerprint density at radius 2 is 2.32 bits per heavy atom. The van der Waals surface area contributed by atoms with E-state index in [9.17, 15) is 10.1 Å². The van der Waals surface area contributed by atoms with Gasteiger partial charge < -0.3 is 10.2 Å². The normalized spacial score (nSPS) is 9.74. The number of pyridine rings is 1. The molecule has 0 bridgehead atoms. The minimum atomic E-state index is -0.444. The lowest BCUT2D eigenvalue weighted by Crippen LogP contribution is -2.20. The molecule has 7 nitrogen and oxygen atoms in total. The summed E-state index contributed by atoms with van der Waals surface area (Å²) in [6, 6.07) is 4.86. The third-order valence-corrected chi connectivity index (χ3v) is 2.51. The first-order chi connectivity index (χ1) is 9.08. The Balaban J connectivity index is 2.98. The topological polar surface area (TPSA) is 95.1 Å². The predicted octanol–water partition coefficient (Wildman–Crippen LogP) is 2.16. The zero-order valence-corrected chi connectivity index (χ0v) is 11.1.